The van der Waals surface area contributed by atoms with Crippen LogP contribution in [-0.2, 0) is 11.3 Å². The van der Waals surface area contributed by atoms with Crippen LogP contribution in [0.5, 0.6) is 0 Å². The molecule has 0 unspecified atom stereocenters. The summed E-state index contributed by atoms with van der Waals surface area (Å²) in [4.78, 5) is 2.40. The van der Waals surface area contributed by atoms with E-state index >= 15 is 0 Å². The van der Waals surface area contributed by atoms with Crippen LogP contribution in [-0.4, -0.2) is 59.3 Å². The van der Waals surface area contributed by atoms with E-state index in [1.807, 2.05) is 18.3 Å². The van der Waals surface area contributed by atoms with Crippen LogP contribution < -0.4 is 5.32 Å². The molecule has 0 amide bonds. The summed E-state index contributed by atoms with van der Waals surface area (Å²) < 4.78 is 7.24. The molecule has 0 atom stereocenters. The third-order valence-corrected chi connectivity index (χ3v) is 4.66. The van der Waals surface area contributed by atoms with Crippen molar-refractivity contribution in [1.82, 2.24) is 19.9 Å². The van der Waals surface area contributed by atoms with Gasteiger partial charge in [0.25, 0.3) is 0 Å². The highest BCUT2D eigenvalue weighted by Gasteiger charge is 2.09. The fourth-order valence-corrected chi connectivity index (χ4v) is 2.97. The number of nitrogens with one attached hydrogen (secondary N) is 1. The Morgan fingerprint density at radius 1 is 1.16 bits per heavy atom. The average Bonchev–Trinajstić information content (AvgIpc) is 2.84. The Kier molecular flexibility index (Phi) is 8.26. The smallest absolute Gasteiger partial charge is 0.168 e. The van der Waals surface area contributed by atoms with Crippen molar-refractivity contribution in [1.29, 1.82) is 0 Å². The molecule has 25 heavy (non-hydrogen) atoms. The zero-order valence-electron chi connectivity index (χ0n) is 13.8. The number of hydrogen-bond acceptors (Lipinski definition) is 5. The van der Waals surface area contributed by atoms with Crippen LogP contribution >= 0.6 is 35.6 Å². The molecular formula is C16H22Cl3N5O. The number of anilines is 1. The van der Waals surface area contributed by atoms with E-state index in [-0.39, 0.29) is 12.4 Å². The molecule has 1 aliphatic heterocycles. The predicted octanol–water partition coefficient (Wildman–Crippen LogP) is 3.19. The molecule has 1 fully saturated rings. The third kappa shape index (κ3) is 6.31. The van der Waals surface area contributed by atoms with E-state index in [1.165, 1.54) is 0 Å². The fraction of sp³-hybridized carbons (Fsp3) is 0.500. The first-order chi connectivity index (χ1) is 11.7. The lowest BCUT2D eigenvalue weighted by Gasteiger charge is -2.18. The number of ether oxygens (including phenoxy) is 1. The van der Waals surface area contributed by atoms with Crippen molar-refractivity contribution >= 4 is 41.4 Å². The lowest BCUT2D eigenvalue weighted by Crippen LogP contribution is -2.31. The number of halogens is 3. The first-order valence-electron chi connectivity index (χ1n) is 8.09. The van der Waals surface area contributed by atoms with Crippen molar-refractivity contribution in [2.45, 2.75) is 13.0 Å². The second-order valence-electron chi connectivity index (χ2n) is 5.78. The van der Waals surface area contributed by atoms with Crippen LogP contribution in [0, 0.1) is 0 Å². The van der Waals surface area contributed by atoms with Crippen LogP contribution in [0.2, 0.25) is 10.0 Å². The van der Waals surface area contributed by atoms with Gasteiger partial charge >= 0.3 is 0 Å². The summed E-state index contributed by atoms with van der Waals surface area (Å²) in [7, 11) is 0. The van der Waals surface area contributed by atoms with Crippen molar-refractivity contribution in [2.24, 2.45) is 0 Å². The standard InChI is InChI=1S/C16H21Cl2N5O.ClH/c17-14-3-2-13(10-15(14)18)11-23-12-16(20-21-23)19-4-6-22-5-1-8-24-9-7-22;/h2-3,10,12,19H,1,4-9,11H2;1H. The van der Waals surface area contributed by atoms with E-state index in [4.69, 9.17) is 27.9 Å². The first kappa shape index (κ1) is 20.3. The molecule has 2 aromatic rings. The van der Waals surface area contributed by atoms with Gasteiger partial charge in [-0.15, -0.1) is 17.5 Å². The molecule has 2 heterocycles. The number of nitrogens with zero attached hydrogens (tertiary/aromatic N) is 4. The van der Waals surface area contributed by atoms with Gasteiger partial charge in [-0.1, -0.05) is 34.5 Å². The van der Waals surface area contributed by atoms with Gasteiger partial charge in [0.05, 0.1) is 29.4 Å². The Morgan fingerprint density at radius 3 is 2.88 bits per heavy atom. The number of rotatable bonds is 6. The van der Waals surface area contributed by atoms with E-state index in [0.717, 1.165) is 57.2 Å². The second-order valence-corrected chi connectivity index (χ2v) is 6.60. The van der Waals surface area contributed by atoms with Gasteiger partial charge in [-0.3, -0.25) is 4.90 Å². The van der Waals surface area contributed by atoms with Gasteiger partial charge in [0.15, 0.2) is 5.82 Å². The van der Waals surface area contributed by atoms with Gasteiger partial charge in [-0.05, 0) is 24.1 Å². The Morgan fingerprint density at radius 2 is 2.04 bits per heavy atom. The summed E-state index contributed by atoms with van der Waals surface area (Å²) in [6.07, 6.45) is 2.99. The van der Waals surface area contributed by atoms with E-state index in [1.54, 1.807) is 10.7 Å². The van der Waals surface area contributed by atoms with Crippen LogP contribution in [0.25, 0.3) is 0 Å². The Balaban J connectivity index is 0.00000225. The summed E-state index contributed by atoms with van der Waals surface area (Å²) in [6.45, 7) is 6.19. The molecule has 0 saturated carbocycles. The topological polar surface area (TPSA) is 55.2 Å². The molecule has 9 heteroatoms. The molecule has 0 aliphatic carbocycles. The van der Waals surface area contributed by atoms with E-state index < -0.39 is 0 Å². The maximum Gasteiger partial charge on any atom is 0.168 e. The summed E-state index contributed by atoms with van der Waals surface area (Å²) in [5.41, 5.74) is 1.03. The van der Waals surface area contributed by atoms with Gasteiger partial charge in [-0.25, -0.2) is 4.68 Å². The molecule has 3 rings (SSSR count). The number of hydrogen-bond donors (Lipinski definition) is 1. The Hall–Kier alpha value is -1.05. The molecule has 1 aromatic heterocycles. The highest BCUT2D eigenvalue weighted by Crippen LogP contribution is 2.22. The largest absolute Gasteiger partial charge is 0.380 e. The van der Waals surface area contributed by atoms with E-state index in [9.17, 15) is 0 Å². The second kappa shape index (κ2) is 10.2. The van der Waals surface area contributed by atoms with Crippen molar-refractivity contribution in [3.63, 3.8) is 0 Å². The molecule has 0 bridgehead atoms. The van der Waals surface area contributed by atoms with Crippen molar-refractivity contribution in [3.05, 3.63) is 40.0 Å². The normalized spacial score (nSPS) is 15.4. The van der Waals surface area contributed by atoms with E-state index in [2.05, 4.69) is 20.5 Å². The maximum atomic E-state index is 6.04. The summed E-state index contributed by atoms with van der Waals surface area (Å²) in [5, 5.41) is 12.7. The van der Waals surface area contributed by atoms with Crippen LogP contribution in [0.3, 0.4) is 0 Å². The van der Waals surface area contributed by atoms with E-state index in [0.29, 0.717) is 16.6 Å². The summed E-state index contributed by atoms with van der Waals surface area (Å²) in [6, 6.07) is 5.57. The zero-order chi connectivity index (χ0) is 16.8. The summed E-state index contributed by atoms with van der Waals surface area (Å²) >= 11 is 12.0. The molecule has 1 aliphatic rings. The third-order valence-electron chi connectivity index (χ3n) is 3.92. The van der Waals surface area contributed by atoms with Gasteiger partial charge in [0, 0.05) is 32.8 Å². The minimum atomic E-state index is 0. The minimum absolute atomic E-state index is 0. The molecule has 6 nitrogen and oxygen atoms in total. The average molecular weight is 407 g/mol. The Bertz CT molecular complexity index is 659. The molecule has 1 saturated heterocycles. The first-order valence-corrected chi connectivity index (χ1v) is 8.84. The molecular weight excluding hydrogens is 385 g/mol. The van der Waals surface area contributed by atoms with Crippen LogP contribution in [0.15, 0.2) is 24.4 Å². The molecule has 1 aromatic carbocycles. The fourth-order valence-electron chi connectivity index (χ4n) is 2.65. The van der Waals surface area contributed by atoms with Crippen molar-refractivity contribution in [2.75, 3.05) is 44.7 Å². The summed E-state index contributed by atoms with van der Waals surface area (Å²) in [5.74, 6) is 0.779. The van der Waals surface area contributed by atoms with Crippen molar-refractivity contribution in [3.8, 4) is 0 Å². The lowest BCUT2D eigenvalue weighted by atomic mass is 10.2. The van der Waals surface area contributed by atoms with Gasteiger partial charge in [-0.2, -0.15) is 0 Å². The molecule has 0 spiro atoms. The predicted molar refractivity (Wildman–Crippen MR) is 103 cm³/mol. The molecule has 138 valence electrons. The number of aromatic nitrogens is 3. The molecule has 0 radical (unpaired) electrons. The molecule has 1 N–H and O–H groups in total. The van der Waals surface area contributed by atoms with Crippen LogP contribution in [0.1, 0.15) is 12.0 Å². The number of benzene rings is 1. The van der Waals surface area contributed by atoms with Gasteiger partial charge in [0.1, 0.15) is 0 Å². The lowest BCUT2D eigenvalue weighted by molar-refractivity contribution is 0.142. The minimum Gasteiger partial charge on any atom is -0.380 e. The van der Waals surface area contributed by atoms with Crippen molar-refractivity contribution < 1.29 is 4.74 Å². The van der Waals surface area contributed by atoms with Gasteiger partial charge < -0.3 is 10.1 Å². The van der Waals surface area contributed by atoms with Crippen LogP contribution in [0.4, 0.5) is 5.82 Å². The van der Waals surface area contributed by atoms with Gasteiger partial charge in [0.2, 0.25) is 0 Å². The quantitative estimate of drug-likeness (QED) is 0.798. The maximum absolute atomic E-state index is 6.04. The SMILES string of the molecule is Cl.Clc1ccc(Cn2cc(NCCN3CCCOCC3)nn2)cc1Cl. The highest BCUT2D eigenvalue weighted by atomic mass is 35.5. The Labute approximate surface area is 163 Å². The zero-order valence-corrected chi connectivity index (χ0v) is 16.2. The highest BCUT2D eigenvalue weighted by molar-refractivity contribution is 6.42. The monoisotopic (exact) mass is 405 g/mol.